The van der Waals surface area contributed by atoms with Gasteiger partial charge in [0.1, 0.15) is 12.4 Å². The van der Waals surface area contributed by atoms with Crippen molar-refractivity contribution in [2.24, 2.45) is 0 Å². The average molecular weight is 289 g/mol. The van der Waals surface area contributed by atoms with E-state index in [0.29, 0.717) is 17.2 Å². The fourth-order valence-corrected chi connectivity index (χ4v) is 2.50. The third kappa shape index (κ3) is 2.34. The van der Waals surface area contributed by atoms with Gasteiger partial charge in [0.25, 0.3) is 5.91 Å². The van der Waals surface area contributed by atoms with E-state index in [2.05, 4.69) is 10.3 Å². The first-order valence-corrected chi connectivity index (χ1v) is 6.67. The van der Waals surface area contributed by atoms with Crippen LogP contribution in [-0.4, -0.2) is 17.5 Å². The molecule has 0 aliphatic carbocycles. The van der Waals surface area contributed by atoms with Crippen molar-refractivity contribution in [3.8, 4) is 5.75 Å². The van der Waals surface area contributed by atoms with Gasteiger partial charge >= 0.3 is 0 Å². The molecule has 3 rings (SSSR count). The molecule has 1 amide bonds. The lowest BCUT2D eigenvalue weighted by Crippen LogP contribution is -2.29. The zero-order chi connectivity index (χ0) is 14.1. The number of hydrogen-bond acceptors (Lipinski definition) is 3. The molecule has 4 nitrogen and oxygen atoms in total. The van der Waals surface area contributed by atoms with Gasteiger partial charge in [0.05, 0.1) is 16.6 Å². The van der Waals surface area contributed by atoms with E-state index in [-0.39, 0.29) is 11.9 Å². The van der Waals surface area contributed by atoms with Gasteiger partial charge in [-0.3, -0.25) is 9.78 Å². The molecule has 0 spiro atoms. The molecule has 1 atom stereocenters. The molecular formula is C15H13ClN2O2. The van der Waals surface area contributed by atoms with Crippen LogP contribution >= 0.6 is 11.6 Å². The molecule has 1 unspecified atom stereocenters. The molecule has 0 saturated carbocycles. The van der Waals surface area contributed by atoms with Gasteiger partial charge in [-0.2, -0.15) is 0 Å². The zero-order valence-electron chi connectivity index (χ0n) is 10.9. The van der Waals surface area contributed by atoms with Crippen molar-refractivity contribution in [3.05, 3.63) is 58.4 Å². The summed E-state index contributed by atoms with van der Waals surface area (Å²) in [4.78, 5) is 16.4. The number of carbonyl (C=O) groups excluding carboxylic acids is 1. The lowest BCUT2D eigenvalue weighted by atomic mass is 10.1. The van der Waals surface area contributed by atoms with Crippen LogP contribution in [0.1, 0.15) is 27.7 Å². The number of ether oxygens (including phenoxy) is 1. The smallest absolute Gasteiger partial charge is 0.254 e. The summed E-state index contributed by atoms with van der Waals surface area (Å²) in [6.07, 6.45) is 1.49. The van der Waals surface area contributed by atoms with Gasteiger partial charge in [-0.25, -0.2) is 0 Å². The zero-order valence-corrected chi connectivity index (χ0v) is 11.6. The fraction of sp³-hybridized carbons (Fsp3) is 0.200. The Hall–Kier alpha value is -2.07. The molecule has 1 aromatic heterocycles. The maximum absolute atomic E-state index is 12.3. The Kier molecular flexibility index (Phi) is 3.32. The minimum Gasteiger partial charge on any atom is -0.491 e. The van der Waals surface area contributed by atoms with Crippen LogP contribution < -0.4 is 10.1 Å². The number of aryl methyl sites for hydroxylation is 1. The van der Waals surface area contributed by atoms with E-state index in [4.69, 9.17) is 16.3 Å². The second-order valence-electron chi connectivity index (χ2n) is 4.68. The van der Waals surface area contributed by atoms with Crippen LogP contribution in [0.5, 0.6) is 5.75 Å². The number of para-hydroxylation sites is 1. The van der Waals surface area contributed by atoms with Crippen LogP contribution in [0.3, 0.4) is 0 Å². The summed E-state index contributed by atoms with van der Waals surface area (Å²) in [6, 6.07) is 9.19. The molecular weight excluding hydrogens is 276 g/mol. The Labute approximate surface area is 121 Å². The summed E-state index contributed by atoms with van der Waals surface area (Å²) in [5.41, 5.74) is 2.14. The summed E-state index contributed by atoms with van der Waals surface area (Å²) < 4.78 is 5.53. The normalized spacial score (nSPS) is 16.4. The van der Waals surface area contributed by atoms with E-state index in [1.807, 2.05) is 31.2 Å². The third-order valence-electron chi connectivity index (χ3n) is 3.24. The Balaban J connectivity index is 1.81. The summed E-state index contributed by atoms with van der Waals surface area (Å²) in [5.74, 6) is 0.568. The van der Waals surface area contributed by atoms with Gasteiger partial charge in [0.15, 0.2) is 0 Å². The number of nitrogens with one attached hydrogen (secondary N) is 1. The second-order valence-corrected chi connectivity index (χ2v) is 5.09. The number of hydrogen-bond donors (Lipinski definition) is 1. The van der Waals surface area contributed by atoms with Crippen molar-refractivity contribution in [3.63, 3.8) is 0 Å². The standard InChI is InChI=1S/C15H13ClN2O2/c1-9-6-12(16)11(7-17-9)15(19)18-13-8-20-14-5-3-2-4-10(13)14/h2-7,13H,8H2,1H3,(H,18,19). The molecule has 2 aromatic rings. The number of benzene rings is 1. The van der Waals surface area contributed by atoms with Crippen molar-refractivity contribution >= 4 is 17.5 Å². The molecule has 1 aliphatic heterocycles. The molecule has 1 N–H and O–H groups in total. The highest BCUT2D eigenvalue weighted by atomic mass is 35.5. The second kappa shape index (κ2) is 5.13. The highest BCUT2D eigenvalue weighted by Gasteiger charge is 2.26. The fourth-order valence-electron chi connectivity index (χ4n) is 2.21. The summed E-state index contributed by atoms with van der Waals surface area (Å²) in [7, 11) is 0. The van der Waals surface area contributed by atoms with Crippen LogP contribution in [0.15, 0.2) is 36.5 Å². The lowest BCUT2D eigenvalue weighted by molar-refractivity contribution is 0.0930. The van der Waals surface area contributed by atoms with Crippen molar-refractivity contribution < 1.29 is 9.53 Å². The highest BCUT2D eigenvalue weighted by molar-refractivity contribution is 6.33. The van der Waals surface area contributed by atoms with Gasteiger partial charge in [0.2, 0.25) is 0 Å². The van der Waals surface area contributed by atoms with E-state index in [1.54, 1.807) is 6.07 Å². The summed E-state index contributed by atoms with van der Waals surface area (Å²) in [5, 5.41) is 3.33. The first kappa shape index (κ1) is 12.9. The van der Waals surface area contributed by atoms with E-state index in [1.165, 1.54) is 6.20 Å². The molecule has 2 heterocycles. The van der Waals surface area contributed by atoms with Crippen molar-refractivity contribution in [1.82, 2.24) is 10.3 Å². The SMILES string of the molecule is Cc1cc(Cl)c(C(=O)NC2COc3ccccc32)cn1. The van der Waals surface area contributed by atoms with E-state index in [9.17, 15) is 4.79 Å². The van der Waals surface area contributed by atoms with Gasteiger partial charge in [-0.15, -0.1) is 0 Å². The monoisotopic (exact) mass is 288 g/mol. The largest absolute Gasteiger partial charge is 0.491 e. The Morgan fingerprint density at radius 1 is 1.45 bits per heavy atom. The molecule has 0 bridgehead atoms. The Morgan fingerprint density at radius 2 is 2.25 bits per heavy atom. The summed E-state index contributed by atoms with van der Waals surface area (Å²) in [6.45, 7) is 2.26. The molecule has 20 heavy (non-hydrogen) atoms. The quantitative estimate of drug-likeness (QED) is 0.924. The minimum absolute atomic E-state index is 0.156. The number of halogens is 1. The predicted octanol–water partition coefficient (Wildman–Crippen LogP) is 2.91. The maximum atomic E-state index is 12.3. The van der Waals surface area contributed by atoms with Crippen LogP contribution in [0.2, 0.25) is 5.02 Å². The maximum Gasteiger partial charge on any atom is 0.254 e. The van der Waals surface area contributed by atoms with Gasteiger partial charge in [0, 0.05) is 17.5 Å². The number of carbonyl (C=O) groups is 1. The predicted molar refractivity (Wildman–Crippen MR) is 76.1 cm³/mol. The number of amides is 1. The van der Waals surface area contributed by atoms with E-state index < -0.39 is 0 Å². The van der Waals surface area contributed by atoms with Crippen LogP contribution in [0.4, 0.5) is 0 Å². The molecule has 0 radical (unpaired) electrons. The number of pyridine rings is 1. The first-order chi connectivity index (χ1) is 9.65. The number of fused-ring (bicyclic) bond motifs is 1. The van der Waals surface area contributed by atoms with Gasteiger partial charge in [-0.05, 0) is 19.1 Å². The molecule has 1 aromatic carbocycles. The Morgan fingerprint density at radius 3 is 3.05 bits per heavy atom. The van der Waals surface area contributed by atoms with Gasteiger partial charge in [-0.1, -0.05) is 29.8 Å². The van der Waals surface area contributed by atoms with Crippen LogP contribution in [0.25, 0.3) is 0 Å². The molecule has 1 aliphatic rings. The van der Waals surface area contributed by atoms with Crippen LogP contribution in [0, 0.1) is 6.92 Å². The first-order valence-electron chi connectivity index (χ1n) is 6.30. The minimum atomic E-state index is -0.243. The van der Waals surface area contributed by atoms with Crippen molar-refractivity contribution in [2.75, 3.05) is 6.61 Å². The van der Waals surface area contributed by atoms with Crippen molar-refractivity contribution in [2.45, 2.75) is 13.0 Å². The highest BCUT2D eigenvalue weighted by Crippen LogP contribution is 2.32. The van der Waals surface area contributed by atoms with E-state index >= 15 is 0 Å². The summed E-state index contributed by atoms with van der Waals surface area (Å²) >= 11 is 6.08. The number of rotatable bonds is 2. The molecule has 0 fully saturated rings. The van der Waals surface area contributed by atoms with Crippen LogP contribution in [-0.2, 0) is 0 Å². The van der Waals surface area contributed by atoms with E-state index in [0.717, 1.165) is 17.0 Å². The molecule has 102 valence electrons. The Bertz CT molecular complexity index is 673. The van der Waals surface area contributed by atoms with Gasteiger partial charge < -0.3 is 10.1 Å². The third-order valence-corrected chi connectivity index (χ3v) is 3.55. The topological polar surface area (TPSA) is 51.2 Å². The number of nitrogens with zero attached hydrogens (tertiary/aromatic N) is 1. The average Bonchev–Trinajstić information content (AvgIpc) is 2.82. The molecule has 5 heteroatoms. The number of aromatic nitrogens is 1. The molecule has 0 saturated heterocycles. The lowest BCUT2D eigenvalue weighted by Gasteiger charge is -2.12. The van der Waals surface area contributed by atoms with Crippen molar-refractivity contribution in [1.29, 1.82) is 0 Å².